The Labute approximate surface area is 373 Å². The number of nitrogens with one attached hydrogen (secondary N) is 2. The number of halogens is 1. The van der Waals surface area contributed by atoms with Crippen molar-refractivity contribution < 1.29 is 18.8 Å². The van der Waals surface area contributed by atoms with E-state index in [2.05, 4.69) is 64.4 Å². The lowest BCUT2D eigenvalue weighted by atomic mass is 9.98. The summed E-state index contributed by atoms with van der Waals surface area (Å²) >= 11 is 0. The Hall–Kier alpha value is -7.33. The SMILES string of the molecule is CCc1nccc(-c2ccc3c(c2)cc(C(=O)N2CCc4nn(-c5cc(C)c(F)c(C)c5)c(-n5ccn(-c6ccc7c(cnn7C)c6)c5=O)c4[C@@H]2C)n3[C@@]2(C3NOC(=O)N3)C[C@@H]2C)c1C. The standard InChI is InChI=1S/C49H48FN11O4/c1-8-37-29(5)36(13-15-51-37)31-9-11-40-32(21-31)23-41(60(40)49(24-28(49)4)46-53-47(63)65-55-46)45(62)57-16-14-38-42(30(57)6)44(61(54-38)35-19-26(2)43(50)27(3)20-35)59-18-17-58(48(59)64)34-10-12-39-33(22-34)25-52-56(39)7/h9-13,15,17-23,25,28,30,46,55H,8,14,16,24H2,1-7H3,(H,53,63)/t28-,30-,46?,49-/m0/s1. The number of carbonyl (C=O) groups excluding carboxylic acids is 2. The molecule has 5 aromatic heterocycles. The highest BCUT2D eigenvalue weighted by Gasteiger charge is 2.62. The highest BCUT2D eigenvalue weighted by Crippen LogP contribution is 2.55. The molecule has 330 valence electrons. The number of amides is 2. The molecule has 15 nitrogen and oxygen atoms in total. The number of aromatic nitrogens is 8. The van der Waals surface area contributed by atoms with E-state index in [0.29, 0.717) is 59.0 Å². The fourth-order valence-electron chi connectivity index (χ4n) is 10.6. The van der Waals surface area contributed by atoms with Crippen LogP contribution in [0.25, 0.3) is 50.1 Å². The molecule has 7 heterocycles. The monoisotopic (exact) mass is 873 g/mol. The van der Waals surface area contributed by atoms with E-state index in [0.717, 1.165) is 56.3 Å². The number of carbonyl (C=O) groups is 2. The zero-order chi connectivity index (χ0) is 45.2. The second-order valence-electron chi connectivity index (χ2n) is 17.8. The Morgan fingerprint density at radius 1 is 0.938 bits per heavy atom. The summed E-state index contributed by atoms with van der Waals surface area (Å²) in [6.07, 6.45) is 7.77. The highest BCUT2D eigenvalue weighted by atomic mass is 19.1. The second kappa shape index (κ2) is 14.6. The number of pyridine rings is 1. The van der Waals surface area contributed by atoms with Gasteiger partial charge in [-0.05, 0) is 129 Å². The molecule has 0 bridgehead atoms. The first kappa shape index (κ1) is 40.4. The van der Waals surface area contributed by atoms with Crippen molar-refractivity contribution in [3.63, 3.8) is 0 Å². The molecule has 65 heavy (non-hydrogen) atoms. The summed E-state index contributed by atoms with van der Waals surface area (Å²) in [5.74, 6) is 0.0244. The van der Waals surface area contributed by atoms with E-state index in [1.807, 2.05) is 55.4 Å². The summed E-state index contributed by atoms with van der Waals surface area (Å²) in [7, 11) is 1.87. The van der Waals surface area contributed by atoms with E-state index >= 15 is 9.18 Å². The van der Waals surface area contributed by atoms with Gasteiger partial charge in [0.25, 0.3) is 5.91 Å². The van der Waals surface area contributed by atoms with Crippen LogP contribution in [-0.4, -0.2) is 67.9 Å². The van der Waals surface area contributed by atoms with Crippen molar-refractivity contribution >= 4 is 33.8 Å². The third-order valence-corrected chi connectivity index (χ3v) is 14.1. The topological polar surface area (TPSA) is 151 Å². The molecule has 8 aromatic rings. The third-order valence-electron chi connectivity index (χ3n) is 14.1. The molecule has 0 radical (unpaired) electrons. The molecular formula is C49H48FN11O4. The predicted molar refractivity (Wildman–Crippen MR) is 243 cm³/mol. The minimum atomic E-state index is -0.712. The minimum Gasteiger partial charge on any atom is -0.352 e. The number of hydrogen-bond acceptors (Lipinski definition) is 8. The van der Waals surface area contributed by atoms with Gasteiger partial charge in [0.1, 0.15) is 23.5 Å². The number of imidazole rings is 1. The first-order chi connectivity index (χ1) is 31.3. The maximum atomic E-state index is 15.6. The Morgan fingerprint density at radius 3 is 2.42 bits per heavy atom. The molecule has 3 aromatic carbocycles. The molecule has 4 atom stereocenters. The summed E-state index contributed by atoms with van der Waals surface area (Å²) in [5.41, 5.74) is 11.9. The summed E-state index contributed by atoms with van der Waals surface area (Å²) < 4.78 is 23.9. The molecule has 1 aliphatic carbocycles. The fourth-order valence-corrected chi connectivity index (χ4v) is 10.6. The molecule has 1 saturated heterocycles. The van der Waals surface area contributed by atoms with Crippen molar-refractivity contribution in [3.8, 4) is 28.3 Å². The molecule has 2 N–H and O–H groups in total. The van der Waals surface area contributed by atoms with Crippen LogP contribution in [0.4, 0.5) is 9.18 Å². The molecule has 0 spiro atoms. The van der Waals surface area contributed by atoms with E-state index in [-0.39, 0.29) is 23.3 Å². The van der Waals surface area contributed by atoms with E-state index in [4.69, 9.17) is 9.94 Å². The molecular weight excluding hydrogens is 826 g/mol. The quantitative estimate of drug-likeness (QED) is 0.160. The lowest BCUT2D eigenvalue weighted by molar-refractivity contribution is 0.0653. The number of rotatable bonds is 8. The maximum Gasteiger partial charge on any atom is 0.427 e. The molecule has 2 fully saturated rings. The van der Waals surface area contributed by atoms with Gasteiger partial charge in [-0.3, -0.25) is 28.9 Å². The predicted octanol–water partition coefficient (Wildman–Crippen LogP) is 7.41. The molecule has 16 heteroatoms. The molecule has 2 amide bonds. The van der Waals surface area contributed by atoms with Crippen LogP contribution >= 0.6 is 0 Å². The largest absolute Gasteiger partial charge is 0.427 e. The average Bonchev–Trinajstić information content (AvgIpc) is 3.93. The van der Waals surface area contributed by atoms with Gasteiger partial charge in [-0.2, -0.15) is 10.2 Å². The summed E-state index contributed by atoms with van der Waals surface area (Å²) in [5, 5.41) is 14.2. The summed E-state index contributed by atoms with van der Waals surface area (Å²) in [4.78, 5) is 54.5. The van der Waals surface area contributed by atoms with Crippen molar-refractivity contribution in [1.82, 2.24) is 53.9 Å². The Bertz CT molecular complexity index is 3350. The van der Waals surface area contributed by atoms with Crippen LogP contribution in [0.1, 0.15) is 77.4 Å². The summed E-state index contributed by atoms with van der Waals surface area (Å²) in [6.45, 7) is 12.0. The van der Waals surface area contributed by atoms with Gasteiger partial charge in [0.05, 0.1) is 40.4 Å². The van der Waals surface area contributed by atoms with Crippen LogP contribution in [0.3, 0.4) is 0 Å². The molecule has 11 rings (SSSR count). The normalized spacial score (nSPS) is 20.4. The Kier molecular flexibility index (Phi) is 9.09. The van der Waals surface area contributed by atoms with Crippen LogP contribution < -0.4 is 16.5 Å². The maximum absolute atomic E-state index is 15.6. The fraction of sp³-hybridized carbons (Fsp3) is 0.306. The van der Waals surface area contributed by atoms with Crippen molar-refractivity contribution in [2.75, 3.05) is 6.54 Å². The zero-order valence-electron chi connectivity index (χ0n) is 37.2. The van der Waals surface area contributed by atoms with Gasteiger partial charge in [0, 0.05) is 66.2 Å². The van der Waals surface area contributed by atoms with Crippen LogP contribution in [0.2, 0.25) is 0 Å². The van der Waals surface area contributed by atoms with Crippen LogP contribution in [0, 0.1) is 32.5 Å². The smallest absolute Gasteiger partial charge is 0.352 e. The first-order valence-corrected chi connectivity index (χ1v) is 22.0. The van der Waals surface area contributed by atoms with E-state index in [9.17, 15) is 9.59 Å². The van der Waals surface area contributed by atoms with Gasteiger partial charge in [-0.1, -0.05) is 19.9 Å². The van der Waals surface area contributed by atoms with Crippen molar-refractivity contribution in [1.29, 1.82) is 0 Å². The van der Waals surface area contributed by atoms with Crippen molar-refractivity contribution in [2.24, 2.45) is 13.0 Å². The van der Waals surface area contributed by atoms with E-state index < -0.39 is 23.8 Å². The lowest BCUT2D eigenvalue weighted by Gasteiger charge is -2.35. The van der Waals surface area contributed by atoms with Gasteiger partial charge < -0.3 is 14.3 Å². The van der Waals surface area contributed by atoms with E-state index in [1.54, 1.807) is 63.1 Å². The molecule has 1 saturated carbocycles. The van der Waals surface area contributed by atoms with Gasteiger partial charge in [0.15, 0.2) is 0 Å². The van der Waals surface area contributed by atoms with Crippen LogP contribution in [0.15, 0.2) is 90.2 Å². The zero-order valence-corrected chi connectivity index (χ0v) is 37.2. The van der Waals surface area contributed by atoms with Crippen molar-refractivity contribution in [3.05, 3.63) is 141 Å². The van der Waals surface area contributed by atoms with Crippen molar-refractivity contribution in [2.45, 2.75) is 78.6 Å². The number of aryl methyl sites for hydroxylation is 4. The van der Waals surface area contributed by atoms with Gasteiger partial charge in [-0.15, -0.1) is 5.48 Å². The van der Waals surface area contributed by atoms with Crippen LogP contribution in [-0.2, 0) is 30.3 Å². The lowest BCUT2D eigenvalue weighted by Crippen LogP contribution is -2.49. The Morgan fingerprint density at radius 2 is 1.69 bits per heavy atom. The number of nitrogens with zero attached hydrogens (tertiary/aromatic N) is 9. The second-order valence-corrected chi connectivity index (χ2v) is 17.8. The van der Waals surface area contributed by atoms with Crippen LogP contribution in [0.5, 0.6) is 0 Å². The van der Waals surface area contributed by atoms with Gasteiger partial charge in [-0.25, -0.2) is 18.7 Å². The number of benzene rings is 3. The molecule has 2 aliphatic heterocycles. The van der Waals surface area contributed by atoms with Gasteiger partial charge >= 0.3 is 11.8 Å². The third kappa shape index (κ3) is 6.02. The number of fused-ring (bicyclic) bond motifs is 3. The Balaban J connectivity index is 1.06. The summed E-state index contributed by atoms with van der Waals surface area (Å²) in [6, 6.07) is 18.9. The molecule has 1 unspecified atom stereocenters. The molecule has 3 aliphatic rings. The first-order valence-electron chi connectivity index (χ1n) is 22.0. The van der Waals surface area contributed by atoms with E-state index in [1.165, 1.54) is 0 Å². The van der Waals surface area contributed by atoms with Gasteiger partial charge in [0.2, 0.25) is 0 Å². The minimum absolute atomic E-state index is 0.0750. The average molecular weight is 874 g/mol. The number of hydroxylamine groups is 1. The number of hydrogen-bond donors (Lipinski definition) is 2. The highest BCUT2D eigenvalue weighted by molar-refractivity contribution is 6.00.